The van der Waals surface area contributed by atoms with E-state index in [1.807, 2.05) is 74.6 Å². The fraction of sp³-hybridized carbons (Fsp3) is 0.667. The van der Waals surface area contributed by atoms with Crippen molar-refractivity contribution in [3.63, 3.8) is 0 Å². The van der Waals surface area contributed by atoms with E-state index < -0.39 is 21.3 Å². The molecule has 1 aromatic rings. The van der Waals surface area contributed by atoms with E-state index in [0.717, 1.165) is 30.8 Å². The van der Waals surface area contributed by atoms with E-state index in [9.17, 15) is 9.90 Å². The largest absolute Gasteiger partial charge is 0.494 e. The molecule has 154 valence electrons. The Kier molecular flexibility index (Phi) is 9.87. The third kappa shape index (κ3) is 9.65. The summed E-state index contributed by atoms with van der Waals surface area (Å²) < 4.78 is 10.3. The van der Waals surface area contributed by atoms with Gasteiger partial charge in [-0.3, -0.25) is 0 Å². The Hall–Kier alpha value is -1.02. The lowest BCUT2D eigenvalue weighted by Gasteiger charge is -2.33. The molecule has 0 fully saturated rings. The molecule has 0 bridgehead atoms. The number of benzene rings is 1. The Morgan fingerprint density at radius 1 is 1.19 bits per heavy atom. The van der Waals surface area contributed by atoms with Gasteiger partial charge in [-0.15, -0.1) is 0 Å². The molecule has 0 saturated heterocycles. The van der Waals surface area contributed by atoms with Crippen molar-refractivity contribution in [3.8, 4) is 5.75 Å². The molecule has 5 nitrogen and oxygen atoms in total. The number of aryl methyl sites for hydroxylation is 1. The molecule has 1 aromatic carbocycles. The summed E-state index contributed by atoms with van der Waals surface area (Å²) in [7, 11) is 0. The molecule has 0 saturated carbocycles. The Balaban J connectivity index is 2.59. The Bertz CT molecular complexity index is 569. The van der Waals surface area contributed by atoms with Gasteiger partial charge < -0.3 is 19.9 Å². The van der Waals surface area contributed by atoms with Crippen LogP contribution >= 0.6 is 22.6 Å². The maximum atomic E-state index is 12.1. The number of nitrogens with one attached hydrogen (secondary N) is 1. The topological polar surface area (TPSA) is 67.8 Å². The highest BCUT2D eigenvalue weighted by Crippen LogP contribution is 2.24. The minimum absolute atomic E-state index is 0.517. The molecule has 2 N–H and O–H groups in total. The molecular weight excluding hydrogens is 457 g/mol. The molecule has 0 radical (unpaired) electrons. The minimum Gasteiger partial charge on any atom is -0.494 e. The number of alkyl halides is 1. The number of amides is 1. The fourth-order valence-corrected chi connectivity index (χ4v) is 2.94. The SMILES string of the molecule is CCCCCOc1ccc(CC[C@@](C)(NC(=O)OC(C)(C)C)C(O)I)cc1. The normalized spacial score (nSPS) is 14.9. The summed E-state index contributed by atoms with van der Waals surface area (Å²) >= 11 is 1.93. The van der Waals surface area contributed by atoms with Crippen molar-refractivity contribution in [2.75, 3.05) is 6.61 Å². The summed E-state index contributed by atoms with van der Waals surface area (Å²) in [5.74, 6) is 0.874. The first kappa shape index (κ1) is 24.0. The average molecular weight is 491 g/mol. The van der Waals surface area contributed by atoms with Crippen molar-refractivity contribution in [3.05, 3.63) is 29.8 Å². The van der Waals surface area contributed by atoms with Gasteiger partial charge in [0.25, 0.3) is 0 Å². The quantitative estimate of drug-likeness (QED) is 0.268. The maximum Gasteiger partial charge on any atom is 0.408 e. The zero-order chi connectivity index (χ0) is 20.5. The second-order valence-corrected chi connectivity index (χ2v) is 9.26. The molecule has 0 heterocycles. The lowest BCUT2D eigenvalue weighted by Crippen LogP contribution is -2.53. The van der Waals surface area contributed by atoms with E-state index in [1.165, 1.54) is 12.8 Å². The van der Waals surface area contributed by atoms with E-state index in [0.29, 0.717) is 6.42 Å². The van der Waals surface area contributed by atoms with Crippen LogP contribution in [0.5, 0.6) is 5.75 Å². The molecule has 27 heavy (non-hydrogen) atoms. The van der Waals surface area contributed by atoms with Crippen LogP contribution in [0.1, 0.15) is 65.9 Å². The fourth-order valence-electron chi connectivity index (χ4n) is 2.48. The van der Waals surface area contributed by atoms with Gasteiger partial charge in [-0.25, -0.2) is 4.79 Å². The number of hydrogen-bond acceptors (Lipinski definition) is 4. The first-order valence-electron chi connectivity index (χ1n) is 9.61. The second-order valence-electron chi connectivity index (χ2n) is 8.08. The first-order valence-corrected chi connectivity index (χ1v) is 10.9. The molecule has 0 spiro atoms. The third-order valence-electron chi connectivity index (χ3n) is 4.19. The predicted molar refractivity (Wildman–Crippen MR) is 118 cm³/mol. The zero-order valence-corrected chi connectivity index (χ0v) is 19.3. The third-order valence-corrected chi connectivity index (χ3v) is 5.56. The van der Waals surface area contributed by atoms with Gasteiger partial charge in [-0.05, 0) is 87.2 Å². The lowest BCUT2D eigenvalue weighted by molar-refractivity contribution is 0.0391. The van der Waals surface area contributed by atoms with Crippen molar-refractivity contribution in [2.45, 2.75) is 82.0 Å². The standard InChI is InChI=1S/C21H34INO4/c1-6-7-8-15-26-17-11-9-16(10-12-17)13-14-21(5,18(22)24)23-19(25)27-20(2,3)4/h9-12,18,24H,6-8,13-15H2,1-5H3,(H,23,25)/t18?,21-/m1/s1. The van der Waals surface area contributed by atoms with E-state index in [1.54, 1.807) is 0 Å². The van der Waals surface area contributed by atoms with Crippen molar-refractivity contribution >= 4 is 28.7 Å². The number of hydrogen-bond donors (Lipinski definition) is 2. The maximum absolute atomic E-state index is 12.1. The van der Waals surface area contributed by atoms with Crippen molar-refractivity contribution < 1.29 is 19.4 Å². The number of aliphatic hydroxyl groups excluding tert-OH is 1. The van der Waals surface area contributed by atoms with Crippen molar-refractivity contribution in [2.24, 2.45) is 0 Å². The van der Waals surface area contributed by atoms with Crippen LogP contribution in [0.3, 0.4) is 0 Å². The molecule has 1 amide bonds. The Morgan fingerprint density at radius 3 is 2.33 bits per heavy atom. The molecule has 1 unspecified atom stereocenters. The van der Waals surface area contributed by atoms with Crippen LogP contribution in [0.15, 0.2) is 24.3 Å². The zero-order valence-electron chi connectivity index (χ0n) is 17.2. The van der Waals surface area contributed by atoms with Crippen LogP contribution in [0.2, 0.25) is 0 Å². The van der Waals surface area contributed by atoms with Crippen LogP contribution < -0.4 is 10.1 Å². The monoisotopic (exact) mass is 491 g/mol. The van der Waals surface area contributed by atoms with Crippen LogP contribution in [0.4, 0.5) is 4.79 Å². The molecule has 6 heteroatoms. The molecular formula is C21H34INO4. The number of ether oxygens (including phenoxy) is 2. The summed E-state index contributed by atoms with van der Waals surface area (Å²) in [5, 5.41) is 13.0. The van der Waals surface area contributed by atoms with Gasteiger partial charge in [0.2, 0.25) is 0 Å². The van der Waals surface area contributed by atoms with E-state index in [-0.39, 0.29) is 0 Å². The summed E-state index contributed by atoms with van der Waals surface area (Å²) in [6.07, 6.45) is 4.23. The summed E-state index contributed by atoms with van der Waals surface area (Å²) in [5.41, 5.74) is -0.225. The van der Waals surface area contributed by atoms with E-state index in [2.05, 4.69) is 12.2 Å². The van der Waals surface area contributed by atoms with Crippen molar-refractivity contribution in [1.82, 2.24) is 5.32 Å². The number of carbonyl (C=O) groups excluding carboxylic acids is 1. The summed E-state index contributed by atoms with van der Waals surface area (Å²) in [4.78, 5) is 12.1. The van der Waals surface area contributed by atoms with Gasteiger partial charge in [-0.1, -0.05) is 31.9 Å². The number of carbonyl (C=O) groups is 1. The molecule has 0 aliphatic rings. The van der Waals surface area contributed by atoms with Crippen LogP contribution in [-0.4, -0.2) is 33.1 Å². The first-order chi connectivity index (χ1) is 12.6. The number of halogens is 1. The predicted octanol–water partition coefficient (Wildman–Crippen LogP) is 5.23. The van der Waals surface area contributed by atoms with E-state index in [4.69, 9.17) is 9.47 Å². The van der Waals surface area contributed by atoms with Crippen LogP contribution in [-0.2, 0) is 11.2 Å². The highest BCUT2D eigenvalue weighted by Gasteiger charge is 2.34. The summed E-state index contributed by atoms with van der Waals surface area (Å²) in [6, 6.07) is 8.01. The van der Waals surface area contributed by atoms with Crippen LogP contribution in [0, 0.1) is 0 Å². The Morgan fingerprint density at radius 2 is 1.81 bits per heavy atom. The highest BCUT2D eigenvalue weighted by molar-refractivity contribution is 14.1. The number of aliphatic hydroxyl groups is 1. The molecule has 0 aromatic heterocycles. The number of alkyl carbamates (subject to hydrolysis) is 1. The molecule has 1 rings (SSSR count). The van der Waals surface area contributed by atoms with Gasteiger partial charge >= 0.3 is 6.09 Å². The van der Waals surface area contributed by atoms with Gasteiger partial charge in [0, 0.05) is 0 Å². The Labute approximate surface area is 177 Å². The second kappa shape index (κ2) is 11.1. The number of rotatable bonds is 10. The van der Waals surface area contributed by atoms with Crippen molar-refractivity contribution in [1.29, 1.82) is 0 Å². The van der Waals surface area contributed by atoms with Gasteiger partial charge in [0.1, 0.15) is 15.5 Å². The van der Waals surface area contributed by atoms with Gasteiger partial charge in [0.05, 0.1) is 12.1 Å². The van der Waals surface area contributed by atoms with E-state index >= 15 is 0 Å². The van der Waals surface area contributed by atoms with Crippen LogP contribution in [0.25, 0.3) is 0 Å². The lowest BCUT2D eigenvalue weighted by atomic mass is 9.94. The minimum atomic E-state index is -0.780. The highest BCUT2D eigenvalue weighted by atomic mass is 127. The molecule has 0 aliphatic heterocycles. The number of unbranched alkanes of at least 4 members (excludes halogenated alkanes) is 2. The summed E-state index contributed by atoms with van der Waals surface area (Å²) in [6.45, 7) is 10.2. The molecule has 2 atom stereocenters. The van der Waals surface area contributed by atoms with Gasteiger partial charge in [-0.2, -0.15) is 0 Å². The average Bonchev–Trinajstić information content (AvgIpc) is 2.56. The smallest absolute Gasteiger partial charge is 0.408 e. The molecule has 0 aliphatic carbocycles. The van der Waals surface area contributed by atoms with Gasteiger partial charge in [0.15, 0.2) is 0 Å².